The highest BCUT2D eigenvalue weighted by atomic mass is 127. The number of aromatic nitrogens is 2. The normalized spacial score (nSPS) is 10.6. The van der Waals surface area contributed by atoms with Crippen LogP contribution in [0.2, 0.25) is 0 Å². The van der Waals surface area contributed by atoms with Crippen LogP contribution in [0.25, 0.3) is 10.9 Å². The van der Waals surface area contributed by atoms with Crippen molar-refractivity contribution in [1.29, 1.82) is 0 Å². The Morgan fingerprint density at radius 3 is 2.53 bits per heavy atom. The van der Waals surface area contributed by atoms with E-state index in [9.17, 15) is 0 Å². The van der Waals surface area contributed by atoms with Crippen LogP contribution in [0.3, 0.4) is 0 Å². The topological polar surface area (TPSA) is 63.8 Å². The van der Waals surface area contributed by atoms with Gasteiger partial charge in [0.15, 0.2) is 0 Å². The number of hydrogen-bond acceptors (Lipinski definition) is 4. The van der Waals surface area contributed by atoms with Gasteiger partial charge in [0, 0.05) is 8.96 Å². The Bertz CT molecular complexity index is 742. The average molecular weight is 362 g/mol. The second kappa shape index (κ2) is 5.00. The van der Waals surface area contributed by atoms with E-state index in [1.165, 1.54) is 0 Å². The fraction of sp³-hybridized carbons (Fsp3) is 0. The van der Waals surface area contributed by atoms with Crippen LogP contribution < -0.4 is 11.1 Å². The zero-order valence-electron chi connectivity index (χ0n) is 9.97. The number of anilines is 3. The lowest BCUT2D eigenvalue weighted by atomic mass is 10.2. The first kappa shape index (κ1) is 12.2. The zero-order valence-corrected chi connectivity index (χ0v) is 12.1. The summed E-state index contributed by atoms with van der Waals surface area (Å²) in [5, 5.41) is 4.27. The number of rotatable bonds is 2. The second-order valence-corrected chi connectivity index (χ2v) is 5.21. The molecule has 0 spiro atoms. The maximum Gasteiger partial charge on any atom is 0.222 e. The van der Waals surface area contributed by atoms with E-state index in [2.05, 4.69) is 37.9 Å². The minimum absolute atomic E-state index is 0.270. The van der Waals surface area contributed by atoms with Gasteiger partial charge in [-0.1, -0.05) is 24.3 Å². The minimum atomic E-state index is 0.270. The molecule has 19 heavy (non-hydrogen) atoms. The molecule has 0 aliphatic rings. The maximum absolute atomic E-state index is 5.75. The van der Waals surface area contributed by atoms with Crippen LogP contribution in [0.4, 0.5) is 17.5 Å². The molecule has 0 fully saturated rings. The fourth-order valence-electron chi connectivity index (χ4n) is 1.88. The van der Waals surface area contributed by atoms with Crippen molar-refractivity contribution in [3.63, 3.8) is 0 Å². The molecule has 0 bridgehead atoms. The third-order valence-electron chi connectivity index (χ3n) is 2.75. The Morgan fingerprint density at radius 1 is 0.947 bits per heavy atom. The SMILES string of the molecule is Nc1nc(Nc2ccccc2I)c2ccccc2n1. The standard InChI is InChI=1S/C14H11IN4/c15-10-6-2-4-8-12(10)17-13-9-5-1-3-7-11(9)18-14(16)19-13/h1-8H,(H3,16,17,18,19). The van der Waals surface area contributed by atoms with E-state index in [0.717, 1.165) is 26.0 Å². The summed E-state index contributed by atoms with van der Waals surface area (Å²) < 4.78 is 1.13. The molecule has 0 atom stereocenters. The monoisotopic (exact) mass is 362 g/mol. The molecule has 3 aromatic rings. The summed E-state index contributed by atoms with van der Waals surface area (Å²) in [4.78, 5) is 8.52. The van der Waals surface area contributed by atoms with E-state index in [4.69, 9.17) is 5.73 Å². The highest BCUT2D eigenvalue weighted by molar-refractivity contribution is 14.1. The zero-order chi connectivity index (χ0) is 13.2. The van der Waals surface area contributed by atoms with Crippen LogP contribution in [0.5, 0.6) is 0 Å². The number of nitrogens with zero attached hydrogens (tertiary/aromatic N) is 2. The highest BCUT2D eigenvalue weighted by Gasteiger charge is 2.07. The lowest BCUT2D eigenvalue weighted by Gasteiger charge is -2.10. The lowest BCUT2D eigenvalue weighted by Crippen LogP contribution is -2.02. The van der Waals surface area contributed by atoms with E-state index in [-0.39, 0.29) is 5.95 Å². The van der Waals surface area contributed by atoms with E-state index in [1.807, 2.05) is 48.5 Å². The fourth-order valence-corrected chi connectivity index (χ4v) is 2.40. The Kier molecular flexibility index (Phi) is 3.20. The molecule has 0 radical (unpaired) electrons. The van der Waals surface area contributed by atoms with Crippen LogP contribution in [-0.2, 0) is 0 Å². The quantitative estimate of drug-likeness (QED) is 0.685. The van der Waals surface area contributed by atoms with Crippen LogP contribution in [0.15, 0.2) is 48.5 Å². The van der Waals surface area contributed by atoms with Gasteiger partial charge in [-0.25, -0.2) is 4.98 Å². The van der Waals surface area contributed by atoms with Gasteiger partial charge in [-0.05, 0) is 46.9 Å². The molecular formula is C14H11IN4. The van der Waals surface area contributed by atoms with E-state index < -0.39 is 0 Å². The molecular weight excluding hydrogens is 351 g/mol. The summed E-state index contributed by atoms with van der Waals surface area (Å²) in [7, 11) is 0. The Balaban J connectivity index is 2.13. The Hall–Kier alpha value is -1.89. The van der Waals surface area contributed by atoms with Gasteiger partial charge < -0.3 is 11.1 Å². The molecule has 3 rings (SSSR count). The predicted molar refractivity (Wildman–Crippen MR) is 86.4 cm³/mol. The summed E-state index contributed by atoms with van der Waals surface area (Å²) in [6, 6.07) is 15.8. The summed E-state index contributed by atoms with van der Waals surface area (Å²) in [5.41, 5.74) is 7.59. The van der Waals surface area contributed by atoms with Crippen LogP contribution in [-0.4, -0.2) is 9.97 Å². The van der Waals surface area contributed by atoms with Gasteiger partial charge in [-0.15, -0.1) is 0 Å². The van der Waals surface area contributed by atoms with Crippen LogP contribution in [0, 0.1) is 3.57 Å². The number of hydrogen-bond donors (Lipinski definition) is 2. The first-order valence-electron chi connectivity index (χ1n) is 5.78. The maximum atomic E-state index is 5.75. The summed E-state index contributed by atoms with van der Waals surface area (Å²) in [5.74, 6) is 0.999. The average Bonchev–Trinajstić information content (AvgIpc) is 2.41. The van der Waals surface area contributed by atoms with Crippen molar-refractivity contribution in [3.8, 4) is 0 Å². The van der Waals surface area contributed by atoms with Gasteiger partial charge in [0.2, 0.25) is 5.95 Å². The molecule has 4 nitrogen and oxygen atoms in total. The number of nitrogens with one attached hydrogen (secondary N) is 1. The van der Waals surface area contributed by atoms with Crippen molar-refractivity contribution in [1.82, 2.24) is 9.97 Å². The van der Waals surface area contributed by atoms with E-state index >= 15 is 0 Å². The first-order valence-corrected chi connectivity index (χ1v) is 6.86. The Morgan fingerprint density at radius 2 is 1.68 bits per heavy atom. The molecule has 1 heterocycles. The van der Waals surface area contributed by atoms with Crippen molar-refractivity contribution in [2.24, 2.45) is 0 Å². The molecule has 0 amide bonds. The molecule has 0 saturated carbocycles. The number of fused-ring (bicyclic) bond motifs is 1. The van der Waals surface area contributed by atoms with Crippen molar-refractivity contribution >= 4 is 50.9 Å². The highest BCUT2D eigenvalue weighted by Crippen LogP contribution is 2.26. The molecule has 1 aromatic heterocycles. The number of nitrogen functional groups attached to an aromatic ring is 1. The molecule has 94 valence electrons. The predicted octanol–water partition coefficient (Wildman–Crippen LogP) is 3.56. The number of para-hydroxylation sites is 2. The molecule has 3 N–H and O–H groups in total. The van der Waals surface area contributed by atoms with Crippen molar-refractivity contribution in [2.75, 3.05) is 11.1 Å². The van der Waals surface area contributed by atoms with Crippen LogP contribution >= 0.6 is 22.6 Å². The smallest absolute Gasteiger partial charge is 0.222 e. The van der Waals surface area contributed by atoms with Crippen molar-refractivity contribution in [3.05, 3.63) is 52.1 Å². The molecule has 0 aliphatic heterocycles. The van der Waals surface area contributed by atoms with Gasteiger partial charge in [-0.3, -0.25) is 0 Å². The van der Waals surface area contributed by atoms with Gasteiger partial charge >= 0.3 is 0 Å². The first-order chi connectivity index (χ1) is 9.24. The number of benzene rings is 2. The van der Waals surface area contributed by atoms with Gasteiger partial charge in [0.1, 0.15) is 5.82 Å². The lowest BCUT2D eigenvalue weighted by molar-refractivity contribution is 1.23. The van der Waals surface area contributed by atoms with E-state index in [0.29, 0.717) is 0 Å². The molecule has 0 unspecified atom stereocenters. The molecule has 0 aliphatic carbocycles. The van der Waals surface area contributed by atoms with Crippen LogP contribution in [0.1, 0.15) is 0 Å². The Labute approximate surface area is 124 Å². The molecule has 0 saturated heterocycles. The van der Waals surface area contributed by atoms with E-state index in [1.54, 1.807) is 0 Å². The summed E-state index contributed by atoms with van der Waals surface area (Å²) in [6.07, 6.45) is 0. The number of halogens is 1. The number of nitrogens with two attached hydrogens (primary N) is 1. The minimum Gasteiger partial charge on any atom is -0.368 e. The molecule has 2 aromatic carbocycles. The van der Waals surface area contributed by atoms with Crippen molar-refractivity contribution < 1.29 is 0 Å². The van der Waals surface area contributed by atoms with Gasteiger partial charge in [0.05, 0.1) is 11.2 Å². The second-order valence-electron chi connectivity index (χ2n) is 4.05. The summed E-state index contributed by atoms with van der Waals surface area (Å²) >= 11 is 2.28. The van der Waals surface area contributed by atoms with Gasteiger partial charge in [-0.2, -0.15) is 4.98 Å². The third-order valence-corrected chi connectivity index (χ3v) is 3.69. The van der Waals surface area contributed by atoms with Gasteiger partial charge in [0.25, 0.3) is 0 Å². The third kappa shape index (κ3) is 2.46. The molecule has 5 heteroatoms. The van der Waals surface area contributed by atoms with Crippen molar-refractivity contribution in [2.45, 2.75) is 0 Å². The largest absolute Gasteiger partial charge is 0.368 e. The summed E-state index contributed by atoms with van der Waals surface area (Å²) in [6.45, 7) is 0.